The maximum absolute atomic E-state index is 6.01. The lowest BCUT2D eigenvalue weighted by molar-refractivity contribution is 0.0392. The molecule has 1 aliphatic rings. The molecule has 8 heteroatoms. The summed E-state index contributed by atoms with van der Waals surface area (Å²) >= 11 is 1.70. The zero-order valence-electron chi connectivity index (χ0n) is 18.9. The summed E-state index contributed by atoms with van der Waals surface area (Å²) in [7, 11) is 2.17. The van der Waals surface area contributed by atoms with Crippen LogP contribution in [0.5, 0.6) is 5.75 Å². The van der Waals surface area contributed by atoms with Crippen LogP contribution in [0.3, 0.4) is 0 Å². The third-order valence-electron chi connectivity index (χ3n) is 5.27. The molecule has 2 heterocycles. The number of nitrogens with one attached hydrogen (secondary N) is 2. The van der Waals surface area contributed by atoms with E-state index in [-0.39, 0.29) is 0 Å². The highest BCUT2D eigenvalue weighted by molar-refractivity contribution is 7.11. The van der Waals surface area contributed by atoms with E-state index < -0.39 is 0 Å². The van der Waals surface area contributed by atoms with Gasteiger partial charge in [0.25, 0.3) is 0 Å². The van der Waals surface area contributed by atoms with Crippen molar-refractivity contribution in [3.05, 3.63) is 45.9 Å². The van der Waals surface area contributed by atoms with Crippen molar-refractivity contribution in [1.29, 1.82) is 0 Å². The molecule has 0 bridgehead atoms. The smallest absolute Gasteiger partial charge is 0.191 e. The van der Waals surface area contributed by atoms with E-state index in [0.717, 1.165) is 61.4 Å². The summed E-state index contributed by atoms with van der Waals surface area (Å²) in [5.41, 5.74) is 1.12. The van der Waals surface area contributed by atoms with Gasteiger partial charge in [-0.2, -0.15) is 0 Å². The molecular weight excluding hydrogens is 410 g/mol. The maximum Gasteiger partial charge on any atom is 0.191 e. The number of nitrogens with zero attached hydrogens (tertiary/aromatic N) is 3. The van der Waals surface area contributed by atoms with Crippen molar-refractivity contribution < 1.29 is 9.47 Å². The summed E-state index contributed by atoms with van der Waals surface area (Å²) in [6.45, 7) is 9.54. The fourth-order valence-electron chi connectivity index (χ4n) is 3.50. The minimum Gasteiger partial charge on any atom is -0.492 e. The molecule has 1 aliphatic heterocycles. The van der Waals surface area contributed by atoms with Crippen LogP contribution in [0.25, 0.3) is 0 Å². The first-order valence-corrected chi connectivity index (χ1v) is 11.9. The molecule has 0 atom stereocenters. The lowest BCUT2D eigenvalue weighted by Crippen LogP contribution is -2.38. The van der Waals surface area contributed by atoms with Crippen LogP contribution < -0.4 is 15.4 Å². The highest BCUT2D eigenvalue weighted by atomic mass is 32.1. The van der Waals surface area contributed by atoms with Crippen LogP contribution in [-0.2, 0) is 17.8 Å². The number of aliphatic imine (C=N–C) groups is 1. The van der Waals surface area contributed by atoms with Gasteiger partial charge in [-0.15, -0.1) is 11.3 Å². The average molecular weight is 446 g/mol. The Hall–Kier alpha value is -2.16. The fraction of sp³-hybridized carbons (Fsp3) is 0.565. The second-order valence-electron chi connectivity index (χ2n) is 7.73. The first-order valence-electron chi connectivity index (χ1n) is 11.1. The van der Waals surface area contributed by atoms with E-state index >= 15 is 0 Å². The second kappa shape index (κ2) is 12.6. The third kappa shape index (κ3) is 8.12. The van der Waals surface area contributed by atoms with Crippen LogP contribution in [-0.4, -0.2) is 61.8 Å². The molecule has 2 aromatic rings. The van der Waals surface area contributed by atoms with Gasteiger partial charge in [0.15, 0.2) is 5.96 Å². The molecule has 0 spiro atoms. The quantitative estimate of drug-likeness (QED) is 0.432. The highest BCUT2D eigenvalue weighted by Gasteiger charge is 2.17. The van der Waals surface area contributed by atoms with Gasteiger partial charge in [0.1, 0.15) is 17.4 Å². The van der Waals surface area contributed by atoms with Crippen LogP contribution in [0.4, 0.5) is 0 Å². The molecule has 1 fully saturated rings. The van der Waals surface area contributed by atoms with Gasteiger partial charge in [-0.3, -0.25) is 4.90 Å². The Morgan fingerprint density at radius 1 is 1.32 bits per heavy atom. The molecule has 0 radical (unpaired) electrons. The van der Waals surface area contributed by atoms with Crippen molar-refractivity contribution in [2.75, 3.05) is 40.0 Å². The SMILES string of the molecule is CCNC(=NCc1cccc(OCCN(C)C2CCOCC2)c1)NCc1ncc(C)s1. The second-order valence-corrected chi connectivity index (χ2v) is 9.05. The summed E-state index contributed by atoms with van der Waals surface area (Å²) in [5.74, 6) is 1.68. The first-order chi connectivity index (χ1) is 15.1. The van der Waals surface area contributed by atoms with Crippen molar-refractivity contribution in [3.8, 4) is 5.75 Å². The Kier molecular flexibility index (Phi) is 9.58. The number of ether oxygens (including phenoxy) is 2. The number of thiazole rings is 1. The van der Waals surface area contributed by atoms with Crippen LogP contribution in [0.1, 0.15) is 35.2 Å². The molecule has 0 saturated carbocycles. The molecular formula is C23H35N5O2S. The predicted molar refractivity (Wildman–Crippen MR) is 127 cm³/mol. The van der Waals surface area contributed by atoms with Gasteiger partial charge >= 0.3 is 0 Å². The molecule has 0 aliphatic carbocycles. The Morgan fingerprint density at radius 2 is 2.16 bits per heavy atom. The van der Waals surface area contributed by atoms with Crippen LogP contribution in [0, 0.1) is 6.92 Å². The van der Waals surface area contributed by atoms with Gasteiger partial charge in [0, 0.05) is 43.4 Å². The van der Waals surface area contributed by atoms with Crippen LogP contribution >= 0.6 is 11.3 Å². The zero-order valence-corrected chi connectivity index (χ0v) is 19.7. The predicted octanol–water partition coefficient (Wildman–Crippen LogP) is 3.20. The Labute approximate surface area is 189 Å². The van der Waals surface area contributed by atoms with E-state index in [4.69, 9.17) is 14.5 Å². The van der Waals surface area contributed by atoms with E-state index in [1.165, 1.54) is 4.88 Å². The van der Waals surface area contributed by atoms with Gasteiger partial charge in [-0.25, -0.2) is 9.98 Å². The van der Waals surface area contributed by atoms with Gasteiger partial charge in [0.05, 0.1) is 13.1 Å². The lowest BCUT2D eigenvalue weighted by Gasteiger charge is -2.31. The molecule has 7 nitrogen and oxygen atoms in total. The Morgan fingerprint density at radius 3 is 2.90 bits per heavy atom. The summed E-state index contributed by atoms with van der Waals surface area (Å²) in [5, 5.41) is 7.71. The third-order valence-corrected chi connectivity index (χ3v) is 6.18. The molecule has 31 heavy (non-hydrogen) atoms. The van der Waals surface area contributed by atoms with E-state index in [1.54, 1.807) is 11.3 Å². The van der Waals surface area contributed by atoms with Crippen LogP contribution in [0.15, 0.2) is 35.5 Å². The molecule has 1 saturated heterocycles. The van der Waals surface area contributed by atoms with Gasteiger partial charge in [0.2, 0.25) is 0 Å². The van der Waals surface area contributed by atoms with Gasteiger partial charge in [-0.05, 0) is 51.4 Å². The topological polar surface area (TPSA) is 71.0 Å². The Bertz CT molecular complexity index is 820. The van der Waals surface area contributed by atoms with Crippen molar-refractivity contribution in [3.63, 3.8) is 0 Å². The fourth-order valence-corrected chi connectivity index (χ4v) is 4.23. The minimum atomic E-state index is 0.589. The number of likely N-dealkylation sites (N-methyl/N-ethyl adjacent to an activating group) is 1. The van der Waals surface area contributed by atoms with Crippen molar-refractivity contribution in [2.24, 2.45) is 4.99 Å². The molecule has 0 unspecified atom stereocenters. The van der Waals surface area contributed by atoms with Crippen LogP contribution in [0.2, 0.25) is 0 Å². The number of hydrogen-bond donors (Lipinski definition) is 2. The van der Waals surface area contributed by atoms with E-state index in [2.05, 4.69) is 53.5 Å². The number of aryl methyl sites for hydroxylation is 1. The molecule has 1 aromatic carbocycles. The average Bonchev–Trinajstić information content (AvgIpc) is 3.21. The summed E-state index contributed by atoms with van der Waals surface area (Å²) < 4.78 is 11.5. The van der Waals surface area contributed by atoms with Crippen molar-refractivity contribution in [2.45, 2.75) is 45.8 Å². The largest absolute Gasteiger partial charge is 0.492 e. The van der Waals surface area contributed by atoms with Gasteiger partial charge < -0.3 is 20.1 Å². The number of hydrogen-bond acceptors (Lipinski definition) is 6. The number of aromatic nitrogens is 1. The van der Waals surface area contributed by atoms with E-state index in [0.29, 0.717) is 25.7 Å². The normalized spacial score (nSPS) is 15.3. The van der Waals surface area contributed by atoms with Gasteiger partial charge in [-0.1, -0.05) is 12.1 Å². The molecule has 3 rings (SSSR count). The molecule has 170 valence electrons. The summed E-state index contributed by atoms with van der Waals surface area (Å²) in [6.07, 6.45) is 4.11. The standard InChI is InChI=1S/C23H35N5O2S/c1-4-24-23(27-17-22-25-15-18(2)31-22)26-16-19-6-5-7-21(14-19)30-13-10-28(3)20-8-11-29-12-9-20/h5-7,14-15,20H,4,8-13,16-17H2,1-3H3,(H2,24,26,27). The summed E-state index contributed by atoms with van der Waals surface area (Å²) in [4.78, 5) is 12.7. The van der Waals surface area contributed by atoms with E-state index in [1.807, 2.05) is 18.3 Å². The molecule has 1 aromatic heterocycles. The lowest BCUT2D eigenvalue weighted by atomic mass is 10.1. The highest BCUT2D eigenvalue weighted by Crippen LogP contribution is 2.16. The maximum atomic E-state index is 6.01. The van der Waals surface area contributed by atoms with Crippen molar-refractivity contribution in [1.82, 2.24) is 20.5 Å². The van der Waals surface area contributed by atoms with E-state index in [9.17, 15) is 0 Å². The first kappa shape index (κ1) is 23.5. The molecule has 2 N–H and O–H groups in total. The molecule has 0 amide bonds. The van der Waals surface area contributed by atoms with Crippen molar-refractivity contribution >= 4 is 17.3 Å². The monoisotopic (exact) mass is 445 g/mol. The minimum absolute atomic E-state index is 0.589. The number of guanidine groups is 1. The Balaban J connectivity index is 1.47. The number of benzene rings is 1. The summed E-state index contributed by atoms with van der Waals surface area (Å²) in [6, 6.07) is 8.80. The zero-order chi connectivity index (χ0) is 21.9. The number of rotatable bonds is 10.